The summed E-state index contributed by atoms with van der Waals surface area (Å²) in [4.78, 5) is 21.9. The Morgan fingerprint density at radius 1 is 1.24 bits per heavy atom. The fourth-order valence-electron chi connectivity index (χ4n) is 1.24. The molecule has 0 aliphatic heterocycles. The van der Waals surface area contributed by atoms with E-state index in [0.29, 0.717) is 11.0 Å². The van der Waals surface area contributed by atoms with Crippen LogP contribution >= 0.6 is 0 Å². The van der Waals surface area contributed by atoms with Gasteiger partial charge >= 0.3 is 5.97 Å². The average Bonchev–Trinajstić information content (AvgIpc) is 1.98. The topological polar surface area (TPSA) is 66.4 Å². The van der Waals surface area contributed by atoms with Crippen LogP contribution in [0.2, 0.25) is 0 Å². The van der Waals surface area contributed by atoms with Crippen molar-refractivity contribution in [1.29, 1.82) is 0 Å². The predicted molar refractivity (Wildman–Crippen MR) is 64.0 cm³/mol. The molecule has 0 aliphatic rings. The summed E-state index contributed by atoms with van der Waals surface area (Å²) in [5, 5.41) is 10.5. The Hall–Kier alpha value is -1.10. The number of carbonyl (C=O) groups excluding carboxylic acids is 2. The van der Waals surface area contributed by atoms with Crippen molar-refractivity contribution in [3.05, 3.63) is 0 Å². The summed E-state index contributed by atoms with van der Waals surface area (Å²) in [6.45, 7) is 3.88. The third-order valence-corrected chi connectivity index (χ3v) is 1.90. The van der Waals surface area contributed by atoms with E-state index in [0.717, 1.165) is 0 Å². The highest BCUT2D eigenvalue weighted by Gasteiger charge is 2.23. The van der Waals surface area contributed by atoms with Crippen LogP contribution in [0, 0.1) is 5.92 Å². The summed E-state index contributed by atoms with van der Waals surface area (Å²) >= 11 is 0. The van der Waals surface area contributed by atoms with Crippen LogP contribution < -0.4 is 5.11 Å². The molecule has 0 amide bonds. The van der Waals surface area contributed by atoms with Crippen molar-refractivity contribution in [3.8, 4) is 0 Å². The number of hydrogen-bond donors (Lipinski definition) is 0. The van der Waals surface area contributed by atoms with Crippen LogP contribution in [0.25, 0.3) is 0 Å². The van der Waals surface area contributed by atoms with Crippen molar-refractivity contribution in [3.63, 3.8) is 0 Å². The highest BCUT2D eigenvalue weighted by molar-refractivity contribution is 5.72. The first kappa shape index (κ1) is 18.3. The highest BCUT2D eigenvalue weighted by Crippen LogP contribution is 2.07. The fourth-order valence-corrected chi connectivity index (χ4v) is 1.24. The molecule has 0 aliphatic carbocycles. The van der Waals surface area contributed by atoms with Crippen LogP contribution in [0.5, 0.6) is 0 Å². The van der Waals surface area contributed by atoms with Crippen molar-refractivity contribution in [2.45, 2.75) is 33.8 Å². The molecule has 0 radical (unpaired) electrons. The minimum absolute atomic E-state index is 0. The molecule has 5 nitrogen and oxygen atoms in total. The van der Waals surface area contributed by atoms with E-state index < -0.39 is 12.1 Å². The van der Waals surface area contributed by atoms with Gasteiger partial charge in [0.25, 0.3) is 0 Å². The Labute approximate surface area is 104 Å². The second kappa shape index (κ2) is 7.27. The SMILES string of the molecule is C.CC(C)C(=O)OC(CC(=O)[O-])C[N+](C)(C)C. The number of nitrogens with zero attached hydrogens (tertiary/aromatic N) is 1. The third-order valence-electron chi connectivity index (χ3n) is 1.90. The van der Waals surface area contributed by atoms with E-state index in [9.17, 15) is 14.7 Å². The minimum atomic E-state index is -1.20. The Morgan fingerprint density at radius 2 is 1.71 bits per heavy atom. The van der Waals surface area contributed by atoms with Gasteiger partial charge in [-0.2, -0.15) is 0 Å². The lowest BCUT2D eigenvalue weighted by atomic mass is 10.2. The summed E-state index contributed by atoms with van der Waals surface area (Å²) in [5.74, 6) is -1.83. The van der Waals surface area contributed by atoms with Crippen LogP contribution in [-0.4, -0.2) is 50.2 Å². The summed E-state index contributed by atoms with van der Waals surface area (Å²) in [7, 11) is 5.72. The van der Waals surface area contributed by atoms with E-state index in [1.807, 2.05) is 21.1 Å². The quantitative estimate of drug-likeness (QED) is 0.491. The molecule has 102 valence electrons. The van der Waals surface area contributed by atoms with Crippen LogP contribution in [0.4, 0.5) is 0 Å². The number of hydrogen-bond acceptors (Lipinski definition) is 4. The van der Waals surface area contributed by atoms with Crippen LogP contribution in [-0.2, 0) is 14.3 Å². The number of carboxylic acid groups (broad SMARTS) is 1. The molecule has 0 N–H and O–H groups in total. The monoisotopic (exact) mass is 247 g/mol. The van der Waals surface area contributed by atoms with Crippen molar-refractivity contribution in [1.82, 2.24) is 0 Å². The molecule has 5 heteroatoms. The predicted octanol–water partition coefficient (Wildman–Crippen LogP) is 0.0365. The molecule has 0 spiro atoms. The van der Waals surface area contributed by atoms with Gasteiger partial charge in [-0.15, -0.1) is 0 Å². The summed E-state index contributed by atoms with van der Waals surface area (Å²) in [6.07, 6.45) is -0.881. The molecular weight excluding hydrogens is 222 g/mol. The van der Waals surface area contributed by atoms with E-state index in [2.05, 4.69) is 0 Å². The molecule has 1 unspecified atom stereocenters. The number of ether oxygens (including phenoxy) is 1. The van der Waals surface area contributed by atoms with E-state index in [4.69, 9.17) is 4.74 Å². The number of aliphatic carboxylic acids is 1. The first-order valence-corrected chi connectivity index (χ1v) is 5.32. The molecular formula is C12H25NO4. The van der Waals surface area contributed by atoms with Gasteiger partial charge in [0.2, 0.25) is 0 Å². The first-order valence-electron chi connectivity index (χ1n) is 5.32. The van der Waals surface area contributed by atoms with Crippen molar-refractivity contribution >= 4 is 11.9 Å². The largest absolute Gasteiger partial charge is 0.550 e. The summed E-state index contributed by atoms with van der Waals surface area (Å²) in [5.41, 5.74) is 0. The molecule has 0 saturated heterocycles. The lowest BCUT2D eigenvalue weighted by Crippen LogP contribution is -2.45. The number of esters is 1. The molecule has 17 heavy (non-hydrogen) atoms. The molecule has 0 rings (SSSR count). The molecule has 1 atom stereocenters. The van der Waals surface area contributed by atoms with E-state index in [1.165, 1.54) is 0 Å². The standard InChI is InChI=1S/C11H21NO4.CH4/c1-8(2)11(15)16-9(6-10(13)14)7-12(3,4)5;/h8-9H,6-7H2,1-5H3;1H4. The van der Waals surface area contributed by atoms with Gasteiger partial charge in [-0.3, -0.25) is 4.79 Å². The number of carboxylic acids is 1. The molecule has 0 heterocycles. The molecule has 0 bridgehead atoms. The Kier molecular flexibility index (Phi) is 7.81. The normalized spacial score (nSPS) is 12.8. The molecule has 0 saturated carbocycles. The van der Waals surface area contributed by atoms with Gasteiger partial charge in [0.15, 0.2) is 6.10 Å². The molecule has 0 aromatic carbocycles. The lowest BCUT2D eigenvalue weighted by Gasteiger charge is -2.29. The first-order chi connectivity index (χ1) is 7.11. The average molecular weight is 247 g/mol. The summed E-state index contributed by atoms with van der Waals surface area (Å²) < 4.78 is 5.65. The van der Waals surface area contributed by atoms with Crippen LogP contribution in [0.15, 0.2) is 0 Å². The molecule has 0 aromatic rings. The minimum Gasteiger partial charge on any atom is -0.550 e. The zero-order chi connectivity index (χ0) is 12.9. The third kappa shape index (κ3) is 9.81. The maximum Gasteiger partial charge on any atom is 0.308 e. The number of likely N-dealkylation sites (N-methyl/N-ethyl adjacent to an activating group) is 1. The second-order valence-corrected chi connectivity index (χ2v) is 5.26. The maximum atomic E-state index is 11.4. The van der Waals surface area contributed by atoms with Gasteiger partial charge in [0.1, 0.15) is 6.54 Å². The van der Waals surface area contributed by atoms with Gasteiger partial charge in [-0.1, -0.05) is 21.3 Å². The smallest absolute Gasteiger partial charge is 0.308 e. The number of rotatable bonds is 6. The van der Waals surface area contributed by atoms with E-state index in [1.54, 1.807) is 13.8 Å². The Balaban J connectivity index is 0. The molecule has 0 fully saturated rings. The van der Waals surface area contributed by atoms with Gasteiger partial charge in [0.05, 0.1) is 27.1 Å². The second-order valence-electron chi connectivity index (χ2n) is 5.26. The van der Waals surface area contributed by atoms with Crippen LogP contribution in [0.1, 0.15) is 27.7 Å². The highest BCUT2D eigenvalue weighted by atomic mass is 16.5. The van der Waals surface area contributed by atoms with Crippen LogP contribution in [0.3, 0.4) is 0 Å². The van der Waals surface area contributed by atoms with Crippen molar-refractivity contribution in [2.24, 2.45) is 5.92 Å². The number of quaternary nitrogens is 1. The van der Waals surface area contributed by atoms with Crippen molar-refractivity contribution in [2.75, 3.05) is 27.7 Å². The van der Waals surface area contributed by atoms with Gasteiger partial charge < -0.3 is 19.1 Å². The zero-order valence-electron chi connectivity index (χ0n) is 10.6. The zero-order valence-corrected chi connectivity index (χ0v) is 10.6. The van der Waals surface area contributed by atoms with Gasteiger partial charge in [-0.05, 0) is 0 Å². The van der Waals surface area contributed by atoms with Gasteiger partial charge in [0, 0.05) is 12.4 Å². The fraction of sp³-hybridized carbons (Fsp3) is 0.833. The maximum absolute atomic E-state index is 11.4. The Morgan fingerprint density at radius 3 is 2.00 bits per heavy atom. The lowest BCUT2D eigenvalue weighted by molar-refractivity contribution is -0.873. The van der Waals surface area contributed by atoms with E-state index in [-0.39, 0.29) is 25.7 Å². The van der Waals surface area contributed by atoms with Gasteiger partial charge in [-0.25, -0.2) is 0 Å². The van der Waals surface area contributed by atoms with Crippen molar-refractivity contribution < 1.29 is 23.9 Å². The summed E-state index contributed by atoms with van der Waals surface area (Å²) in [6, 6.07) is 0. The molecule has 0 aromatic heterocycles. The Bertz CT molecular complexity index is 256. The number of carbonyl (C=O) groups is 2. The van der Waals surface area contributed by atoms with E-state index >= 15 is 0 Å².